The number of rotatable bonds is 5. The van der Waals surface area contributed by atoms with Crippen LogP contribution in [0.5, 0.6) is 0 Å². The third kappa shape index (κ3) is 2.90. The maximum absolute atomic E-state index is 11.3. The number of carbonyl (C=O) groups is 1. The minimum absolute atomic E-state index is 0.0258. The quantitative estimate of drug-likeness (QED) is 0.886. The first kappa shape index (κ1) is 14.7. The Morgan fingerprint density at radius 3 is 2.70 bits per heavy atom. The van der Waals surface area contributed by atoms with Crippen LogP contribution in [0.4, 0.5) is 5.82 Å². The highest BCUT2D eigenvalue weighted by molar-refractivity contribution is 7.18. The molecule has 0 saturated carbocycles. The molecule has 0 aliphatic heterocycles. The van der Waals surface area contributed by atoms with E-state index >= 15 is 0 Å². The monoisotopic (exact) mass is 293 g/mol. The second-order valence-corrected chi connectivity index (χ2v) is 6.22. The zero-order chi connectivity index (χ0) is 14.9. The molecule has 2 rings (SSSR count). The minimum atomic E-state index is -0.865. The van der Waals surface area contributed by atoms with Gasteiger partial charge in [-0.25, -0.2) is 14.8 Å². The van der Waals surface area contributed by atoms with Gasteiger partial charge in [0.1, 0.15) is 22.5 Å². The molecule has 2 N–H and O–H groups in total. The van der Waals surface area contributed by atoms with E-state index in [0.29, 0.717) is 11.6 Å². The summed E-state index contributed by atoms with van der Waals surface area (Å²) in [6.07, 6.45) is 0.937. The minimum Gasteiger partial charge on any atom is -0.480 e. The number of fused-ring (bicyclic) bond motifs is 1. The molecule has 0 fully saturated rings. The molecule has 1 atom stereocenters. The Morgan fingerprint density at radius 2 is 2.15 bits per heavy atom. The van der Waals surface area contributed by atoms with Crippen LogP contribution in [0.3, 0.4) is 0 Å². The number of nitrogens with one attached hydrogen (secondary N) is 1. The maximum atomic E-state index is 11.3. The molecule has 0 unspecified atom stereocenters. The van der Waals surface area contributed by atoms with E-state index < -0.39 is 12.0 Å². The summed E-state index contributed by atoms with van der Waals surface area (Å²) >= 11 is 1.63. The van der Waals surface area contributed by atoms with E-state index in [-0.39, 0.29) is 5.92 Å². The summed E-state index contributed by atoms with van der Waals surface area (Å²) in [7, 11) is 0. The molecular weight excluding hydrogens is 274 g/mol. The van der Waals surface area contributed by atoms with Gasteiger partial charge < -0.3 is 10.4 Å². The van der Waals surface area contributed by atoms with E-state index in [0.717, 1.165) is 16.6 Å². The standard InChI is InChI=1S/C14H19N3O2S/c1-5-9-6-10-12(15-8(4)16-13(10)20-9)17-11(7(2)3)14(18)19/h6-7,11H,5H2,1-4H3,(H,18,19)(H,15,16,17)/t11-/m1/s1. The zero-order valence-corrected chi connectivity index (χ0v) is 12.9. The first-order valence-corrected chi connectivity index (χ1v) is 7.50. The Hall–Kier alpha value is -1.69. The lowest BCUT2D eigenvalue weighted by Crippen LogP contribution is -2.34. The molecule has 0 aromatic carbocycles. The van der Waals surface area contributed by atoms with Crippen LogP contribution in [0.1, 0.15) is 31.5 Å². The zero-order valence-electron chi connectivity index (χ0n) is 12.1. The van der Waals surface area contributed by atoms with Gasteiger partial charge in [0.2, 0.25) is 0 Å². The van der Waals surface area contributed by atoms with E-state index in [2.05, 4.69) is 22.2 Å². The highest BCUT2D eigenvalue weighted by Crippen LogP contribution is 2.30. The first-order chi connectivity index (χ1) is 9.42. The molecule has 0 radical (unpaired) electrons. The van der Waals surface area contributed by atoms with Gasteiger partial charge >= 0.3 is 5.97 Å². The van der Waals surface area contributed by atoms with Crippen molar-refractivity contribution in [2.75, 3.05) is 5.32 Å². The summed E-state index contributed by atoms with van der Waals surface area (Å²) in [5.41, 5.74) is 0. The smallest absolute Gasteiger partial charge is 0.326 e. The normalized spacial score (nSPS) is 12.8. The summed E-state index contributed by atoms with van der Waals surface area (Å²) in [4.78, 5) is 22.2. The number of carboxylic acids is 1. The molecule has 2 aromatic heterocycles. The van der Waals surface area contributed by atoms with Gasteiger partial charge in [-0.3, -0.25) is 0 Å². The van der Waals surface area contributed by atoms with E-state index in [1.54, 1.807) is 11.3 Å². The van der Waals surface area contributed by atoms with Gasteiger partial charge in [0, 0.05) is 4.88 Å². The molecule has 2 heterocycles. The van der Waals surface area contributed by atoms with Gasteiger partial charge in [0.15, 0.2) is 0 Å². The van der Waals surface area contributed by atoms with Gasteiger partial charge in [0.25, 0.3) is 0 Å². The van der Waals surface area contributed by atoms with E-state index in [1.807, 2.05) is 26.8 Å². The first-order valence-electron chi connectivity index (χ1n) is 6.68. The molecular formula is C14H19N3O2S. The van der Waals surface area contributed by atoms with Crippen molar-refractivity contribution in [2.45, 2.75) is 40.2 Å². The number of hydrogen-bond acceptors (Lipinski definition) is 5. The number of nitrogens with zero attached hydrogens (tertiary/aromatic N) is 2. The molecule has 0 aliphatic rings. The highest BCUT2D eigenvalue weighted by Gasteiger charge is 2.23. The third-order valence-electron chi connectivity index (χ3n) is 3.13. The van der Waals surface area contributed by atoms with E-state index in [1.165, 1.54) is 4.88 Å². The fourth-order valence-corrected chi connectivity index (χ4v) is 3.04. The van der Waals surface area contributed by atoms with Crippen molar-refractivity contribution in [3.8, 4) is 0 Å². The summed E-state index contributed by atoms with van der Waals surface area (Å²) in [6.45, 7) is 7.66. The van der Waals surface area contributed by atoms with Crippen molar-refractivity contribution in [1.82, 2.24) is 9.97 Å². The predicted molar refractivity (Wildman–Crippen MR) is 81.4 cm³/mol. The molecule has 0 amide bonds. The lowest BCUT2D eigenvalue weighted by molar-refractivity contribution is -0.138. The Labute approximate surface area is 122 Å². The molecule has 0 aliphatic carbocycles. The van der Waals surface area contributed by atoms with Crippen LogP contribution in [0.15, 0.2) is 6.07 Å². The fourth-order valence-electron chi connectivity index (χ4n) is 2.02. The van der Waals surface area contributed by atoms with Crippen molar-refractivity contribution in [2.24, 2.45) is 5.92 Å². The van der Waals surface area contributed by atoms with Crippen molar-refractivity contribution in [1.29, 1.82) is 0 Å². The summed E-state index contributed by atoms with van der Waals surface area (Å²) in [5.74, 6) is 0.374. The molecule has 2 aromatic rings. The largest absolute Gasteiger partial charge is 0.480 e. The number of carboxylic acid groups (broad SMARTS) is 1. The molecule has 108 valence electrons. The average molecular weight is 293 g/mol. The second kappa shape index (κ2) is 5.75. The predicted octanol–water partition coefficient (Wildman–Crippen LogP) is 3.08. The lowest BCUT2D eigenvalue weighted by atomic mass is 10.0. The number of aromatic nitrogens is 2. The Kier molecular flexibility index (Phi) is 4.23. The molecule has 5 nitrogen and oxygen atoms in total. The van der Waals surface area contributed by atoms with Crippen LogP contribution in [-0.4, -0.2) is 27.1 Å². The maximum Gasteiger partial charge on any atom is 0.326 e. The number of anilines is 1. The van der Waals surface area contributed by atoms with Gasteiger partial charge in [-0.1, -0.05) is 20.8 Å². The van der Waals surface area contributed by atoms with Gasteiger partial charge in [-0.2, -0.15) is 0 Å². The van der Waals surface area contributed by atoms with Crippen molar-refractivity contribution < 1.29 is 9.90 Å². The molecule has 0 spiro atoms. The van der Waals surface area contributed by atoms with Gasteiger partial charge in [0.05, 0.1) is 5.39 Å². The molecule has 0 bridgehead atoms. The molecule has 6 heteroatoms. The van der Waals surface area contributed by atoms with E-state index in [9.17, 15) is 9.90 Å². The third-order valence-corrected chi connectivity index (χ3v) is 4.30. The van der Waals surface area contributed by atoms with Crippen LogP contribution < -0.4 is 5.32 Å². The summed E-state index contributed by atoms with van der Waals surface area (Å²) in [6, 6.07) is 1.39. The van der Waals surface area contributed by atoms with E-state index in [4.69, 9.17) is 0 Å². The van der Waals surface area contributed by atoms with Crippen molar-refractivity contribution in [3.05, 3.63) is 16.8 Å². The SMILES string of the molecule is CCc1cc2c(N[C@@H](C(=O)O)C(C)C)nc(C)nc2s1. The number of hydrogen-bond donors (Lipinski definition) is 2. The van der Waals surface area contributed by atoms with Crippen LogP contribution >= 0.6 is 11.3 Å². The highest BCUT2D eigenvalue weighted by atomic mass is 32.1. The Morgan fingerprint density at radius 1 is 1.45 bits per heavy atom. The number of aliphatic carboxylic acids is 1. The summed E-state index contributed by atoms with van der Waals surface area (Å²) in [5, 5.41) is 13.3. The number of thiophene rings is 1. The van der Waals surface area contributed by atoms with Crippen molar-refractivity contribution in [3.63, 3.8) is 0 Å². The van der Waals surface area contributed by atoms with Crippen LogP contribution in [-0.2, 0) is 11.2 Å². The topological polar surface area (TPSA) is 75.1 Å². The molecule has 0 saturated heterocycles. The van der Waals surface area contributed by atoms with Gasteiger partial charge in [-0.05, 0) is 25.3 Å². The fraction of sp³-hybridized carbons (Fsp3) is 0.500. The van der Waals surface area contributed by atoms with Crippen molar-refractivity contribution >= 4 is 33.3 Å². The Balaban J connectivity index is 2.47. The van der Waals surface area contributed by atoms with Gasteiger partial charge in [-0.15, -0.1) is 11.3 Å². The van der Waals surface area contributed by atoms with Crippen LogP contribution in [0.25, 0.3) is 10.2 Å². The van der Waals surface area contributed by atoms with Crippen LogP contribution in [0.2, 0.25) is 0 Å². The lowest BCUT2D eigenvalue weighted by Gasteiger charge is -2.19. The second-order valence-electron chi connectivity index (χ2n) is 5.11. The average Bonchev–Trinajstić information content (AvgIpc) is 2.77. The summed E-state index contributed by atoms with van der Waals surface area (Å²) < 4.78 is 0. The Bertz CT molecular complexity index is 637. The molecule has 20 heavy (non-hydrogen) atoms. The number of aryl methyl sites for hydroxylation is 2. The van der Waals surface area contributed by atoms with Crippen LogP contribution in [0, 0.1) is 12.8 Å².